The largest absolute Gasteiger partial charge is 0.319 e. The number of amides is 1. The molecule has 3 N–H and O–H groups in total. The number of hydrogen-bond donors (Lipinski definition) is 3. The van der Waals surface area contributed by atoms with E-state index in [4.69, 9.17) is 0 Å². The molecule has 1 aliphatic heterocycles. The molecule has 0 aliphatic carbocycles. The lowest BCUT2D eigenvalue weighted by molar-refractivity contribution is 0.102. The highest BCUT2D eigenvalue weighted by Gasteiger charge is 2.22. The summed E-state index contributed by atoms with van der Waals surface area (Å²) in [6, 6.07) is 11.2. The van der Waals surface area contributed by atoms with Gasteiger partial charge in [0.2, 0.25) is 10.0 Å². The summed E-state index contributed by atoms with van der Waals surface area (Å²) >= 11 is 0. The van der Waals surface area contributed by atoms with E-state index in [0.29, 0.717) is 6.54 Å². The average Bonchev–Trinajstić information content (AvgIpc) is 3.09. The Kier molecular flexibility index (Phi) is 6.71. The Balaban J connectivity index is 0.00000243. The number of sulfonamides is 1. The number of rotatable bonds is 5. The Labute approximate surface area is 157 Å². The number of anilines is 1. The third kappa shape index (κ3) is 4.79. The monoisotopic (exact) mass is 399 g/mol. The van der Waals surface area contributed by atoms with E-state index in [9.17, 15) is 17.6 Å². The van der Waals surface area contributed by atoms with Gasteiger partial charge in [-0.1, -0.05) is 12.1 Å². The van der Waals surface area contributed by atoms with Crippen LogP contribution >= 0.6 is 12.4 Å². The van der Waals surface area contributed by atoms with Crippen molar-refractivity contribution in [3.63, 3.8) is 0 Å². The van der Waals surface area contributed by atoms with Gasteiger partial charge in [0.1, 0.15) is 5.82 Å². The first-order valence-corrected chi connectivity index (χ1v) is 9.33. The van der Waals surface area contributed by atoms with Crippen LogP contribution in [0.1, 0.15) is 16.8 Å². The van der Waals surface area contributed by atoms with Crippen LogP contribution in [0, 0.1) is 5.82 Å². The van der Waals surface area contributed by atoms with Gasteiger partial charge in [-0.25, -0.2) is 17.5 Å². The van der Waals surface area contributed by atoms with Crippen molar-refractivity contribution in [2.24, 2.45) is 0 Å². The van der Waals surface area contributed by atoms with Crippen molar-refractivity contribution in [2.75, 3.05) is 18.4 Å². The molecule has 0 bridgehead atoms. The standard InChI is InChI=1S/C17H18FN3O3S.ClH/c18-15-3-1-2-4-16(15)20-17(22)12-5-7-14(8-6-12)25(23,24)21-13-9-10-19-11-13;/h1-8,13,19,21H,9-11H2,(H,20,22);1H/t13-;/m0./s1. The summed E-state index contributed by atoms with van der Waals surface area (Å²) in [5.41, 5.74) is 0.310. The van der Waals surface area contributed by atoms with E-state index in [0.717, 1.165) is 13.0 Å². The van der Waals surface area contributed by atoms with Gasteiger partial charge in [0.15, 0.2) is 0 Å². The smallest absolute Gasteiger partial charge is 0.255 e. The molecule has 9 heteroatoms. The van der Waals surface area contributed by atoms with Gasteiger partial charge in [-0.2, -0.15) is 0 Å². The van der Waals surface area contributed by atoms with Gasteiger partial charge in [-0.05, 0) is 49.4 Å². The van der Waals surface area contributed by atoms with Crippen molar-refractivity contribution in [2.45, 2.75) is 17.4 Å². The summed E-state index contributed by atoms with van der Waals surface area (Å²) in [5, 5.41) is 5.54. The van der Waals surface area contributed by atoms with Crippen molar-refractivity contribution in [1.82, 2.24) is 10.0 Å². The van der Waals surface area contributed by atoms with Crippen LogP contribution in [-0.4, -0.2) is 33.5 Å². The topological polar surface area (TPSA) is 87.3 Å². The van der Waals surface area contributed by atoms with Crippen LogP contribution < -0.4 is 15.4 Å². The summed E-state index contributed by atoms with van der Waals surface area (Å²) in [7, 11) is -3.63. The highest BCUT2D eigenvalue weighted by molar-refractivity contribution is 7.89. The third-order valence-corrected chi connectivity index (χ3v) is 5.47. The average molecular weight is 400 g/mol. The van der Waals surface area contributed by atoms with Crippen molar-refractivity contribution in [3.05, 3.63) is 59.9 Å². The molecule has 1 aliphatic rings. The second-order valence-corrected chi connectivity index (χ2v) is 7.48. The maximum atomic E-state index is 13.6. The summed E-state index contributed by atoms with van der Waals surface area (Å²) in [5.74, 6) is -1.05. The summed E-state index contributed by atoms with van der Waals surface area (Å²) in [6.07, 6.45) is 0.738. The molecule has 1 atom stereocenters. The normalized spacial score (nSPS) is 16.7. The lowest BCUT2D eigenvalue weighted by Crippen LogP contribution is -2.36. The molecule has 2 aromatic carbocycles. The van der Waals surface area contributed by atoms with Crippen LogP contribution in [0.5, 0.6) is 0 Å². The first-order chi connectivity index (χ1) is 12.0. The van der Waals surface area contributed by atoms with E-state index in [2.05, 4.69) is 15.4 Å². The Morgan fingerprint density at radius 2 is 1.81 bits per heavy atom. The number of carbonyl (C=O) groups excluding carboxylic acids is 1. The van der Waals surface area contributed by atoms with Gasteiger partial charge >= 0.3 is 0 Å². The zero-order chi connectivity index (χ0) is 17.9. The Hall–Kier alpha value is -2.00. The zero-order valence-electron chi connectivity index (χ0n) is 13.7. The minimum atomic E-state index is -3.63. The van der Waals surface area contributed by atoms with Gasteiger partial charge in [0.25, 0.3) is 5.91 Å². The fourth-order valence-corrected chi connectivity index (χ4v) is 3.86. The lowest BCUT2D eigenvalue weighted by atomic mass is 10.2. The number of carbonyl (C=O) groups is 1. The molecular formula is C17H19ClFN3O3S. The second-order valence-electron chi connectivity index (χ2n) is 5.77. The van der Waals surface area contributed by atoms with Gasteiger partial charge in [0, 0.05) is 18.2 Å². The highest BCUT2D eigenvalue weighted by Crippen LogP contribution is 2.16. The maximum absolute atomic E-state index is 13.6. The Morgan fingerprint density at radius 1 is 1.12 bits per heavy atom. The summed E-state index contributed by atoms with van der Waals surface area (Å²) in [6.45, 7) is 1.38. The van der Waals surface area contributed by atoms with Crippen LogP contribution in [0.15, 0.2) is 53.4 Å². The van der Waals surface area contributed by atoms with Gasteiger partial charge in [0.05, 0.1) is 10.6 Å². The molecule has 6 nitrogen and oxygen atoms in total. The SMILES string of the molecule is Cl.O=C(Nc1ccccc1F)c1ccc(S(=O)(=O)N[C@H]2CCNC2)cc1. The molecule has 1 heterocycles. The molecule has 0 radical (unpaired) electrons. The number of para-hydroxylation sites is 1. The molecule has 140 valence electrons. The van der Waals surface area contributed by atoms with Crippen LogP contribution in [0.4, 0.5) is 10.1 Å². The molecular weight excluding hydrogens is 381 g/mol. The molecule has 3 rings (SSSR count). The number of halogens is 2. The first kappa shape index (κ1) is 20.3. The van der Waals surface area contributed by atoms with E-state index in [-0.39, 0.29) is 34.6 Å². The molecule has 0 spiro atoms. The molecule has 26 heavy (non-hydrogen) atoms. The van der Waals surface area contributed by atoms with Crippen LogP contribution in [0.2, 0.25) is 0 Å². The van der Waals surface area contributed by atoms with Gasteiger partial charge in [-0.3, -0.25) is 4.79 Å². The minimum Gasteiger partial charge on any atom is -0.319 e. The highest BCUT2D eigenvalue weighted by atomic mass is 35.5. The zero-order valence-corrected chi connectivity index (χ0v) is 15.4. The van der Waals surface area contributed by atoms with Crippen molar-refractivity contribution in [1.29, 1.82) is 0 Å². The predicted molar refractivity (Wildman–Crippen MR) is 99.6 cm³/mol. The van der Waals surface area contributed by atoms with Crippen LogP contribution in [0.3, 0.4) is 0 Å². The predicted octanol–water partition coefficient (Wildman–Crippen LogP) is 2.14. The molecule has 0 saturated carbocycles. The molecule has 1 amide bonds. The van der Waals surface area contributed by atoms with Gasteiger partial charge in [-0.15, -0.1) is 12.4 Å². The Bertz CT molecular complexity index is 869. The van der Waals surface area contributed by atoms with Crippen LogP contribution in [-0.2, 0) is 10.0 Å². The fraction of sp³-hybridized carbons (Fsp3) is 0.235. The molecule has 0 aromatic heterocycles. The van der Waals surface area contributed by atoms with Gasteiger partial charge < -0.3 is 10.6 Å². The van der Waals surface area contributed by atoms with Crippen molar-refractivity contribution in [3.8, 4) is 0 Å². The quantitative estimate of drug-likeness (QED) is 0.718. The molecule has 0 unspecified atom stereocenters. The van der Waals surface area contributed by atoms with Crippen molar-refractivity contribution < 1.29 is 17.6 Å². The van der Waals surface area contributed by atoms with Crippen LogP contribution in [0.25, 0.3) is 0 Å². The molecule has 1 fully saturated rings. The summed E-state index contributed by atoms with van der Waals surface area (Å²) in [4.78, 5) is 12.2. The third-order valence-electron chi connectivity index (χ3n) is 3.93. The number of benzene rings is 2. The van der Waals surface area contributed by atoms with Crippen molar-refractivity contribution >= 4 is 34.0 Å². The van der Waals surface area contributed by atoms with E-state index in [1.165, 1.54) is 42.5 Å². The lowest BCUT2D eigenvalue weighted by Gasteiger charge is -2.12. The molecule has 1 saturated heterocycles. The van der Waals surface area contributed by atoms with E-state index in [1.807, 2.05) is 0 Å². The number of hydrogen-bond acceptors (Lipinski definition) is 4. The molecule has 2 aromatic rings. The van der Waals surface area contributed by atoms with E-state index < -0.39 is 21.7 Å². The Morgan fingerprint density at radius 3 is 2.42 bits per heavy atom. The second kappa shape index (κ2) is 8.59. The first-order valence-electron chi connectivity index (χ1n) is 7.85. The number of nitrogens with one attached hydrogen (secondary N) is 3. The van der Waals surface area contributed by atoms with E-state index >= 15 is 0 Å². The fourth-order valence-electron chi connectivity index (χ4n) is 2.59. The summed E-state index contributed by atoms with van der Waals surface area (Å²) < 4.78 is 40.8. The minimum absolute atomic E-state index is 0. The van der Waals surface area contributed by atoms with E-state index in [1.54, 1.807) is 6.07 Å². The maximum Gasteiger partial charge on any atom is 0.255 e.